The smallest absolute Gasteiger partial charge is 0.248 e. The zero-order chi connectivity index (χ0) is 18.9. The van der Waals surface area contributed by atoms with Crippen LogP contribution in [-0.2, 0) is 11.4 Å². The Morgan fingerprint density at radius 2 is 1.81 bits per heavy atom. The third-order valence-corrected chi connectivity index (χ3v) is 3.80. The first-order chi connectivity index (χ1) is 13.2. The van der Waals surface area contributed by atoms with Gasteiger partial charge in [-0.3, -0.25) is 9.78 Å². The molecule has 5 heteroatoms. The summed E-state index contributed by atoms with van der Waals surface area (Å²) in [6.07, 6.45) is 6.69. The first-order valence-corrected chi connectivity index (χ1v) is 8.48. The van der Waals surface area contributed by atoms with Gasteiger partial charge in [-0.2, -0.15) is 0 Å². The van der Waals surface area contributed by atoms with Crippen molar-refractivity contribution in [3.63, 3.8) is 0 Å². The van der Waals surface area contributed by atoms with E-state index >= 15 is 0 Å². The minimum absolute atomic E-state index is 0.218. The summed E-state index contributed by atoms with van der Waals surface area (Å²) in [5.74, 6) is 0.935. The van der Waals surface area contributed by atoms with Crippen LogP contribution in [0.2, 0.25) is 0 Å². The minimum Gasteiger partial charge on any atom is -0.493 e. The van der Waals surface area contributed by atoms with E-state index in [0.29, 0.717) is 23.8 Å². The number of methoxy groups -OCH3 is 1. The number of carbonyl (C=O) groups excluding carboxylic acids is 1. The number of nitrogens with one attached hydrogen (secondary N) is 1. The second kappa shape index (κ2) is 9.20. The van der Waals surface area contributed by atoms with Crippen molar-refractivity contribution in [2.45, 2.75) is 6.61 Å². The van der Waals surface area contributed by atoms with E-state index in [0.717, 1.165) is 11.1 Å². The number of ether oxygens (including phenoxy) is 2. The molecule has 5 nitrogen and oxygen atoms in total. The summed E-state index contributed by atoms with van der Waals surface area (Å²) in [6.45, 7) is 0.379. The second-order valence-corrected chi connectivity index (χ2v) is 5.74. The van der Waals surface area contributed by atoms with Gasteiger partial charge in [-0.15, -0.1) is 0 Å². The Morgan fingerprint density at radius 3 is 2.56 bits per heavy atom. The molecular weight excluding hydrogens is 340 g/mol. The molecule has 1 heterocycles. The first-order valence-electron chi connectivity index (χ1n) is 8.48. The van der Waals surface area contributed by atoms with Crippen molar-refractivity contribution in [3.8, 4) is 11.5 Å². The average Bonchev–Trinajstić information content (AvgIpc) is 2.72. The third kappa shape index (κ3) is 5.44. The van der Waals surface area contributed by atoms with Crippen LogP contribution in [0.5, 0.6) is 11.5 Å². The van der Waals surface area contributed by atoms with Crippen molar-refractivity contribution < 1.29 is 14.3 Å². The standard InChI is InChI=1S/C22H20N2O3/c1-26-20-9-8-19(15-21(20)27-16-18-11-13-23-14-12-18)24-22(25)10-7-17-5-3-2-4-6-17/h2-15H,16H2,1H3,(H,24,25)/b10-7+. The van der Waals surface area contributed by atoms with Gasteiger partial charge in [-0.05, 0) is 41.5 Å². The van der Waals surface area contributed by atoms with Crippen LogP contribution in [0.3, 0.4) is 0 Å². The quantitative estimate of drug-likeness (QED) is 0.638. The van der Waals surface area contributed by atoms with Gasteiger partial charge in [0.1, 0.15) is 6.61 Å². The lowest BCUT2D eigenvalue weighted by atomic mass is 10.2. The molecule has 0 aliphatic carbocycles. The molecule has 0 aliphatic rings. The maximum absolute atomic E-state index is 12.2. The van der Waals surface area contributed by atoms with E-state index in [1.165, 1.54) is 6.08 Å². The number of carbonyl (C=O) groups is 1. The highest BCUT2D eigenvalue weighted by atomic mass is 16.5. The molecule has 3 aromatic rings. The summed E-state index contributed by atoms with van der Waals surface area (Å²) in [4.78, 5) is 16.1. The number of pyridine rings is 1. The zero-order valence-corrected chi connectivity index (χ0v) is 15.0. The fraction of sp³-hybridized carbons (Fsp3) is 0.0909. The molecule has 0 saturated carbocycles. The molecule has 0 fully saturated rings. The molecule has 0 spiro atoms. The highest BCUT2D eigenvalue weighted by molar-refractivity contribution is 6.02. The summed E-state index contributed by atoms with van der Waals surface area (Å²) in [5.41, 5.74) is 2.58. The van der Waals surface area contributed by atoms with E-state index in [1.54, 1.807) is 43.8 Å². The summed E-state index contributed by atoms with van der Waals surface area (Å²) in [6, 6.07) is 18.7. The van der Waals surface area contributed by atoms with Crippen molar-refractivity contribution in [1.82, 2.24) is 4.98 Å². The predicted octanol–water partition coefficient (Wildman–Crippen LogP) is 4.32. The lowest BCUT2D eigenvalue weighted by Crippen LogP contribution is -2.08. The van der Waals surface area contributed by atoms with Crippen LogP contribution in [0.4, 0.5) is 5.69 Å². The van der Waals surface area contributed by atoms with Crippen LogP contribution in [0.15, 0.2) is 79.1 Å². The molecule has 0 atom stereocenters. The van der Waals surface area contributed by atoms with Crippen molar-refractivity contribution in [3.05, 3.63) is 90.3 Å². The molecule has 1 amide bonds. The van der Waals surface area contributed by atoms with Crippen LogP contribution in [-0.4, -0.2) is 18.0 Å². The zero-order valence-electron chi connectivity index (χ0n) is 15.0. The monoisotopic (exact) mass is 360 g/mol. The minimum atomic E-state index is -0.218. The van der Waals surface area contributed by atoms with Gasteiger partial charge in [0.25, 0.3) is 0 Å². The molecule has 3 rings (SSSR count). The van der Waals surface area contributed by atoms with Crippen LogP contribution in [0.25, 0.3) is 6.08 Å². The summed E-state index contributed by atoms with van der Waals surface area (Å²) >= 11 is 0. The van der Waals surface area contributed by atoms with Gasteiger partial charge < -0.3 is 14.8 Å². The molecule has 0 unspecified atom stereocenters. The molecule has 0 saturated heterocycles. The van der Waals surface area contributed by atoms with Crippen molar-refractivity contribution in [2.24, 2.45) is 0 Å². The van der Waals surface area contributed by atoms with E-state index in [1.807, 2.05) is 42.5 Å². The largest absolute Gasteiger partial charge is 0.493 e. The highest BCUT2D eigenvalue weighted by Gasteiger charge is 2.08. The molecule has 27 heavy (non-hydrogen) atoms. The number of nitrogens with zero attached hydrogens (tertiary/aromatic N) is 1. The van der Waals surface area contributed by atoms with Crippen LogP contribution in [0.1, 0.15) is 11.1 Å². The molecule has 1 aromatic heterocycles. The van der Waals surface area contributed by atoms with E-state index in [2.05, 4.69) is 10.3 Å². The lowest BCUT2D eigenvalue weighted by molar-refractivity contribution is -0.111. The molecule has 136 valence electrons. The Hall–Kier alpha value is -3.60. The number of amides is 1. The number of benzene rings is 2. The van der Waals surface area contributed by atoms with Crippen LogP contribution < -0.4 is 14.8 Å². The third-order valence-electron chi connectivity index (χ3n) is 3.80. The van der Waals surface area contributed by atoms with Gasteiger partial charge in [0.2, 0.25) is 5.91 Å². The highest BCUT2D eigenvalue weighted by Crippen LogP contribution is 2.31. The molecule has 1 N–H and O–H groups in total. The topological polar surface area (TPSA) is 60.5 Å². The Kier molecular flexibility index (Phi) is 6.20. The van der Waals surface area contributed by atoms with Crippen LogP contribution >= 0.6 is 0 Å². The Labute approximate surface area is 158 Å². The van der Waals surface area contributed by atoms with Crippen molar-refractivity contribution >= 4 is 17.7 Å². The van der Waals surface area contributed by atoms with Gasteiger partial charge in [0.15, 0.2) is 11.5 Å². The second-order valence-electron chi connectivity index (χ2n) is 5.74. The molecule has 0 aliphatic heterocycles. The number of aromatic nitrogens is 1. The maximum Gasteiger partial charge on any atom is 0.248 e. The van der Waals surface area contributed by atoms with Gasteiger partial charge in [0, 0.05) is 30.2 Å². The van der Waals surface area contributed by atoms with E-state index in [-0.39, 0.29) is 5.91 Å². The fourth-order valence-electron chi connectivity index (χ4n) is 2.43. The normalized spacial score (nSPS) is 10.6. The van der Waals surface area contributed by atoms with Gasteiger partial charge in [-0.1, -0.05) is 30.3 Å². The average molecular weight is 360 g/mol. The Bertz CT molecular complexity index is 909. The van der Waals surface area contributed by atoms with Gasteiger partial charge >= 0.3 is 0 Å². The van der Waals surface area contributed by atoms with E-state index in [4.69, 9.17) is 9.47 Å². The SMILES string of the molecule is COc1ccc(NC(=O)/C=C/c2ccccc2)cc1OCc1ccncc1. The number of anilines is 1. The predicted molar refractivity (Wildman–Crippen MR) is 106 cm³/mol. The Morgan fingerprint density at radius 1 is 1.04 bits per heavy atom. The summed E-state index contributed by atoms with van der Waals surface area (Å²) < 4.78 is 11.2. The molecule has 0 radical (unpaired) electrons. The van der Waals surface area contributed by atoms with Crippen molar-refractivity contribution in [1.29, 1.82) is 0 Å². The maximum atomic E-state index is 12.2. The van der Waals surface area contributed by atoms with E-state index < -0.39 is 0 Å². The number of hydrogen-bond acceptors (Lipinski definition) is 4. The molecular formula is C22H20N2O3. The molecule has 0 bridgehead atoms. The first kappa shape index (κ1) is 18.2. The summed E-state index contributed by atoms with van der Waals surface area (Å²) in [7, 11) is 1.58. The van der Waals surface area contributed by atoms with Gasteiger partial charge in [-0.25, -0.2) is 0 Å². The lowest BCUT2D eigenvalue weighted by Gasteiger charge is -2.12. The van der Waals surface area contributed by atoms with E-state index in [9.17, 15) is 4.79 Å². The number of hydrogen-bond donors (Lipinski definition) is 1. The van der Waals surface area contributed by atoms with Crippen LogP contribution in [0, 0.1) is 0 Å². The molecule has 2 aromatic carbocycles. The van der Waals surface area contributed by atoms with Crippen molar-refractivity contribution in [2.75, 3.05) is 12.4 Å². The fourth-order valence-corrected chi connectivity index (χ4v) is 2.43. The van der Waals surface area contributed by atoms with Gasteiger partial charge in [0.05, 0.1) is 7.11 Å². The number of rotatable bonds is 7. The summed E-state index contributed by atoms with van der Waals surface area (Å²) in [5, 5.41) is 2.83. The Balaban J connectivity index is 1.67.